The van der Waals surface area contributed by atoms with E-state index in [1.165, 1.54) is 32.6 Å². The van der Waals surface area contributed by atoms with Crippen LogP contribution in [0.3, 0.4) is 0 Å². The number of benzene rings is 4. The predicted molar refractivity (Wildman–Crippen MR) is 114 cm³/mol. The van der Waals surface area contributed by atoms with Gasteiger partial charge in [-0.05, 0) is 36.4 Å². The zero-order valence-electron chi connectivity index (χ0n) is 14.6. The Hall–Kier alpha value is -3.72. The first kappa shape index (κ1) is 14.4. The van der Waals surface area contributed by atoms with E-state index >= 15 is 0 Å². The summed E-state index contributed by atoms with van der Waals surface area (Å²) in [7, 11) is 0. The lowest BCUT2D eigenvalue weighted by molar-refractivity contribution is 1.12. The number of hydrogen-bond acceptors (Lipinski definition) is 1. The number of aromatic nitrogens is 2. The molecular formula is C24H17N3. The van der Waals surface area contributed by atoms with Gasteiger partial charge in [0.05, 0.1) is 22.1 Å². The molecule has 27 heavy (non-hydrogen) atoms. The number of nitrogens with zero attached hydrogens (tertiary/aromatic N) is 2. The molecule has 6 rings (SSSR count). The number of nitrogen functional groups attached to an aromatic ring is 1. The van der Waals surface area contributed by atoms with Crippen LogP contribution in [0.4, 0.5) is 0 Å². The van der Waals surface area contributed by atoms with Gasteiger partial charge in [-0.15, -0.1) is 0 Å². The Bertz CT molecular complexity index is 1470. The Morgan fingerprint density at radius 1 is 0.519 bits per heavy atom. The summed E-state index contributed by atoms with van der Waals surface area (Å²) in [5.41, 5.74) is 5.65. The predicted octanol–water partition coefficient (Wildman–Crippen LogP) is 5.61. The van der Waals surface area contributed by atoms with Crippen LogP contribution in [0.1, 0.15) is 0 Å². The Labute approximate surface area is 155 Å². The third-order valence-electron chi connectivity index (χ3n) is 5.52. The van der Waals surface area contributed by atoms with Gasteiger partial charge >= 0.3 is 0 Å². The summed E-state index contributed by atoms with van der Waals surface area (Å²) in [6.07, 6.45) is 0. The van der Waals surface area contributed by atoms with E-state index < -0.39 is 0 Å². The van der Waals surface area contributed by atoms with E-state index in [2.05, 4.69) is 83.4 Å². The number of fused-ring (bicyclic) bond motifs is 7. The largest absolute Gasteiger partial charge is 0.339 e. The first-order valence-corrected chi connectivity index (χ1v) is 9.10. The Morgan fingerprint density at radius 2 is 1.19 bits per heavy atom. The van der Waals surface area contributed by atoms with Gasteiger partial charge in [0.2, 0.25) is 0 Å². The average Bonchev–Trinajstić information content (AvgIpc) is 3.22. The molecular weight excluding hydrogens is 330 g/mol. The van der Waals surface area contributed by atoms with Gasteiger partial charge < -0.3 is 10.4 Å². The minimum atomic E-state index is 1.05. The van der Waals surface area contributed by atoms with Crippen LogP contribution < -0.4 is 5.84 Å². The average molecular weight is 347 g/mol. The molecule has 0 aliphatic rings. The van der Waals surface area contributed by atoms with Crippen LogP contribution >= 0.6 is 0 Å². The summed E-state index contributed by atoms with van der Waals surface area (Å²) >= 11 is 0. The second-order valence-corrected chi connectivity index (χ2v) is 6.93. The van der Waals surface area contributed by atoms with Crippen molar-refractivity contribution in [1.29, 1.82) is 0 Å². The van der Waals surface area contributed by atoms with Crippen molar-refractivity contribution in [2.45, 2.75) is 0 Å². The molecule has 4 aromatic carbocycles. The second kappa shape index (κ2) is 5.15. The highest BCUT2D eigenvalue weighted by Gasteiger charge is 2.18. The quantitative estimate of drug-likeness (QED) is 0.386. The van der Waals surface area contributed by atoms with Crippen molar-refractivity contribution < 1.29 is 0 Å². The lowest BCUT2D eigenvalue weighted by Gasteiger charge is -2.07. The Morgan fingerprint density at radius 3 is 2.00 bits per heavy atom. The zero-order chi connectivity index (χ0) is 18.0. The number of para-hydroxylation sites is 3. The van der Waals surface area contributed by atoms with Crippen LogP contribution in [0.2, 0.25) is 0 Å². The SMILES string of the molecule is Nn1c2ccccc2c2ccc3c(c4ccccc4n3-c3ccccc3)c21. The van der Waals surface area contributed by atoms with Gasteiger partial charge in [0.1, 0.15) is 0 Å². The van der Waals surface area contributed by atoms with Crippen molar-refractivity contribution in [3.05, 3.63) is 91.0 Å². The maximum absolute atomic E-state index is 6.59. The lowest BCUT2D eigenvalue weighted by atomic mass is 10.1. The summed E-state index contributed by atoms with van der Waals surface area (Å²) in [6, 6.07) is 31.8. The number of rotatable bonds is 1. The standard InChI is InChI=1S/C24H17N3/c25-27-21-13-7-4-10-17(21)18-14-15-22-23(24(18)27)19-11-5-6-12-20(19)26(22)16-8-2-1-3-9-16/h1-15H,25H2. The van der Waals surface area contributed by atoms with Gasteiger partial charge in [0.15, 0.2) is 0 Å². The first-order valence-electron chi connectivity index (χ1n) is 9.10. The molecule has 2 aromatic heterocycles. The van der Waals surface area contributed by atoms with Crippen molar-refractivity contribution >= 4 is 43.6 Å². The smallest absolute Gasteiger partial charge is 0.0803 e. The monoisotopic (exact) mass is 347 g/mol. The molecule has 3 nitrogen and oxygen atoms in total. The van der Waals surface area contributed by atoms with Crippen LogP contribution in [0.5, 0.6) is 0 Å². The molecule has 0 bridgehead atoms. The summed E-state index contributed by atoms with van der Waals surface area (Å²) in [6.45, 7) is 0. The fourth-order valence-electron chi connectivity index (χ4n) is 4.40. The van der Waals surface area contributed by atoms with Gasteiger partial charge in [0, 0.05) is 27.2 Å². The molecule has 0 spiro atoms. The fraction of sp³-hybridized carbons (Fsp3) is 0. The maximum atomic E-state index is 6.59. The summed E-state index contributed by atoms with van der Waals surface area (Å²) in [5, 5.41) is 4.80. The Balaban J connectivity index is 1.92. The highest BCUT2D eigenvalue weighted by Crippen LogP contribution is 2.39. The molecule has 3 heteroatoms. The molecule has 6 aromatic rings. The van der Waals surface area contributed by atoms with Crippen LogP contribution in [-0.4, -0.2) is 9.24 Å². The molecule has 0 unspecified atom stereocenters. The van der Waals surface area contributed by atoms with E-state index in [-0.39, 0.29) is 0 Å². The van der Waals surface area contributed by atoms with Crippen molar-refractivity contribution in [2.75, 3.05) is 5.84 Å². The van der Waals surface area contributed by atoms with Gasteiger partial charge in [-0.2, -0.15) is 0 Å². The zero-order valence-corrected chi connectivity index (χ0v) is 14.6. The topological polar surface area (TPSA) is 35.9 Å². The minimum absolute atomic E-state index is 1.05. The maximum Gasteiger partial charge on any atom is 0.0803 e. The molecule has 0 atom stereocenters. The van der Waals surface area contributed by atoms with Crippen LogP contribution in [-0.2, 0) is 0 Å². The van der Waals surface area contributed by atoms with Gasteiger partial charge in [-0.3, -0.25) is 4.68 Å². The third kappa shape index (κ3) is 1.80. The normalized spacial score (nSPS) is 11.9. The highest BCUT2D eigenvalue weighted by molar-refractivity contribution is 6.25. The number of hydrogen-bond donors (Lipinski definition) is 1. The molecule has 128 valence electrons. The summed E-state index contributed by atoms with van der Waals surface area (Å²) in [4.78, 5) is 0. The Kier molecular flexibility index (Phi) is 2.75. The third-order valence-corrected chi connectivity index (χ3v) is 5.52. The minimum Gasteiger partial charge on any atom is -0.339 e. The van der Waals surface area contributed by atoms with E-state index in [4.69, 9.17) is 5.84 Å². The molecule has 0 aliphatic heterocycles. The van der Waals surface area contributed by atoms with E-state index in [1.54, 1.807) is 0 Å². The van der Waals surface area contributed by atoms with Crippen molar-refractivity contribution in [1.82, 2.24) is 9.24 Å². The van der Waals surface area contributed by atoms with Crippen molar-refractivity contribution in [3.8, 4) is 5.69 Å². The molecule has 2 heterocycles. The summed E-state index contributed by atoms with van der Waals surface area (Å²) in [5.74, 6) is 6.59. The first-order chi connectivity index (χ1) is 13.3. The second-order valence-electron chi connectivity index (χ2n) is 6.93. The molecule has 0 saturated heterocycles. The van der Waals surface area contributed by atoms with Gasteiger partial charge in [-0.25, -0.2) is 0 Å². The fourth-order valence-corrected chi connectivity index (χ4v) is 4.40. The van der Waals surface area contributed by atoms with Gasteiger partial charge in [-0.1, -0.05) is 54.6 Å². The molecule has 0 aliphatic carbocycles. The molecule has 2 N–H and O–H groups in total. The van der Waals surface area contributed by atoms with Crippen molar-refractivity contribution in [2.24, 2.45) is 0 Å². The van der Waals surface area contributed by atoms with Crippen molar-refractivity contribution in [3.63, 3.8) is 0 Å². The van der Waals surface area contributed by atoms with Crippen LogP contribution in [0.25, 0.3) is 49.3 Å². The lowest BCUT2D eigenvalue weighted by Crippen LogP contribution is -2.06. The highest BCUT2D eigenvalue weighted by atomic mass is 15.3. The molecule has 0 amide bonds. The van der Waals surface area contributed by atoms with Crippen LogP contribution in [0, 0.1) is 0 Å². The van der Waals surface area contributed by atoms with E-state index in [0.29, 0.717) is 0 Å². The molecule has 0 fully saturated rings. The van der Waals surface area contributed by atoms with Gasteiger partial charge in [0.25, 0.3) is 0 Å². The van der Waals surface area contributed by atoms with E-state index in [1.807, 2.05) is 16.8 Å². The molecule has 0 saturated carbocycles. The van der Waals surface area contributed by atoms with Crippen LogP contribution in [0.15, 0.2) is 91.0 Å². The summed E-state index contributed by atoms with van der Waals surface area (Å²) < 4.78 is 4.16. The van der Waals surface area contributed by atoms with E-state index in [9.17, 15) is 0 Å². The molecule has 0 radical (unpaired) electrons. The van der Waals surface area contributed by atoms with E-state index in [0.717, 1.165) is 16.7 Å². The number of nitrogens with two attached hydrogens (primary N) is 1.